The second-order valence-corrected chi connectivity index (χ2v) is 7.10. The summed E-state index contributed by atoms with van der Waals surface area (Å²) in [5, 5.41) is 5.63. The predicted molar refractivity (Wildman–Crippen MR) is 94.3 cm³/mol. The van der Waals surface area contributed by atoms with Crippen molar-refractivity contribution >= 4 is 35.0 Å². The summed E-state index contributed by atoms with van der Waals surface area (Å²) in [4.78, 5) is 25.2. The van der Waals surface area contributed by atoms with Crippen LogP contribution in [0.3, 0.4) is 0 Å². The van der Waals surface area contributed by atoms with Crippen LogP contribution in [0.5, 0.6) is 0 Å². The minimum atomic E-state index is -0.186. The molecule has 2 aromatic rings. The van der Waals surface area contributed by atoms with Crippen molar-refractivity contribution in [3.05, 3.63) is 53.1 Å². The van der Waals surface area contributed by atoms with Crippen molar-refractivity contribution in [2.45, 2.75) is 30.9 Å². The minimum Gasteiger partial charge on any atom is -0.324 e. The lowest BCUT2D eigenvalue weighted by Gasteiger charge is -2.21. The third-order valence-corrected chi connectivity index (χ3v) is 5.11. The summed E-state index contributed by atoms with van der Waals surface area (Å²) in [5.41, 5.74) is 4.31. The highest BCUT2D eigenvalue weighted by Crippen LogP contribution is 2.36. The largest absolute Gasteiger partial charge is 0.324 e. The van der Waals surface area contributed by atoms with Gasteiger partial charge in [0.2, 0.25) is 5.91 Å². The van der Waals surface area contributed by atoms with Crippen LogP contribution in [-0.4, -0.2) is 17.1 Å². The van der Waals surface area contributed by atoms with Crippen LogP contribution >= 0.6 is 11.8 Å². The van der Waals surface area contributed by atoms with E-state index in [0.717, 1.165) is 16.1 Å². The Bertz CT molecular complexity index is 802. The Morgan fingerprint density at radius 1 is 1.13 bits per heavy atom. The maximum atomic E-state index is 12.4. The number of benzene rings is 2. The van der Waals surface area contributed by atoms with Gasteiger partial charge in [-0.1, -0.05) is 6.07 Å². The fourth-order valence-electron chi connectivity index (χ4n) is 2.37. The van der Waals surface area contributed by atoms with Crippen LogP contribution in [-0.2, 0) is 4.79 Å². The summed E-state index contributed by atoms with van der Waals surface area (Å²) in [5.74, 6) is -0.219. The number of thioether (sulfide) groups is 1. The molecular weight excluding hydrogens is 308 g/mol. The van der Waals surface area contributed by atoms with Crippen LogP contribution < -0.4 is 10.6 Å². The molecule has 0 fully saturated rings. The lowest BCUT2D eigenvalue weighted by atomic mass is 10.1. The van der Waals surface area contributed by atoms with Crippen LogP contribution in [0.4, 0.5) is 11.4 Å². The molecule has 0 saturated heterocycles. The first-order valence-electron chi connectivity index (χ1n) is 7.44. The molecule has 0 saturated carbocycles. The standard InChI is InChI=1S/C18H18N2O2S/c1-10-4-6-14(8-11(10)2)19-18(22)13-5-7-16-15(9-13)20-17(21)12(3)23-16/h4-9,12H,1-3H3,(H,19,22)(H,20,21). The van der Waals surface area contributed by atoms with Gasteiger partial charge in [-0.05, 0) is 62.2 Å². The van der Waals surface area contributed by atoms with Crippen LogP contribution in [0.25, 0.3) is 0 Å². The molecule has 23 heavy (non-hydrogen) atoms. The minimum absolute atomic E-state index is 0.0331. The van der Waals surface area contributed by atoms with Gasteiger partial charge in [-0.25, -0.2) is 0 Å². The fraction of sp³-hybridized carbons (Fsp3) is 0.222. The Hall–Kier alpha value is -2.27. The number of aryl methyl sites for hydroxylation is 2. The number of hydrogen-bond acceptors (Lipinski definition) is 3. The van der Waals surface area contributed by atoms with E-state index in [1.54, 1.807) is 12.1 Å². The van der Waals surface area contributed by atoms with Crippen molar-refractivity contribution in [1.82, 2.24) is 0 Å². The third-order valence-electron chi connectivity index (χ3n) is 3.94. The smallest absolute Gasteiger partial charge is 0.255 e. The summed E-state index contributed by atoms with van der Waals surface area (Å²) >= 11 is 1.50. The van der Waals surface area contributed by atoms with Crippen molar-refractivity contribution in [2.75, 3.05) is 10.6 Å². The zero-order chi connectivity index (χ0) is 16.6. The van der Waals surface area contributed by atoms with E-state index in [-0.39, 0.29) is 17.1 Å². The molecule has 0 radical (unpaired) electrons. The first-order chi connectivity index (χ1) is 10.9. The summed E-state index contributed by atoms with van der Waals surface area (Å²) in [6.07, 6.45) is 0. The molecule has 0 spiro atoms. The maximum Gasteiger partial charge on any atom is 0.255 e. The summed E-state index contributed by atoms with van der Waals surface area (Å²) in [6, 6.07) is 11.2. The molecule has 1 unspecified atom stereocenters. The van der Waals surface area contributed by atoms with E-state index in [2.05, 4.69) is 10.6 Å². The van der Waals surface area contributed by atoms with E-state index in [9.17, 15) is 9.59 Å². The summed E-state index contributed by atoms with van der Waals surface area (Å²) in [6.45, 7) is 5.91. The lowest BCUT2D eigenvalue weighted by molar-refractivity contribution is -0.115. The van der Waals surface area contributed by atoms with Crippen molar-refractivity contribution < 1.29 is 9.59 Å². The highest BCUT2D eigenvalue weighted by Gasteiger charge is 2.23. The summed E-state index contributed by atoms with van der Waals surface area (Å²) in [7, 11) is 0. The number of rotatable bonds is 2. The molecule has 118 valence electrons. The van der Waals surface area contributed by atoms with E-state index in [0.29, 0.717) is 11.3 Å². The molecule has 2 amide bonds. The van der Waals surface area contributed by atoms with Gasteiger partial charge in [-0.3, -0.25) is 9.59 Å². The van der Waals surface area contributed by atoms with Gasteiger partial charge < -0.3 is 10.6 Å². The molecule has 1 aliphatic rings. The number of nitrogens with one attached hydrogen (secondary N) is 2. The van der Waals surface area contributed by atoms with E-state index >= 15 is 0 Å². The number of carbonyl (C=O) groups is 2. The van der Waals surface area contributed by atoms with E-state index in [1.165, 1.54) is 17.3 Å². The molecule has 0 aromatic heterocycles. The highest BCUT2D eigenvalue weighted by molar-refractivity contribution is 8.00. The number of anilines is 2. The van der Waals surface area contributed by atoms with Crippen LogP contribution in [0.15, 0.2) is 41.3 Å². The molecule has 0 bridgehead atoms. The number of hydrogen-bond donors (Lipinski definition) is 2. The van der Waals surface area contributed by atoms with Crippen molar-refractivity contribution in [3.63, 3.8) is 0 Å². The van der Waals surface area contributed by atoms with Gasteiger partial charge in [0.15, 0.2) is 0 Å². The number of fused-ring (bicyclic) bond motifs is 1. The monoisotopic (exact) mass is 326 g/mol. The number of amides is 2. The Morgan fingerprint density at radius 2 is 1.91 bits per heavy atom. The molecular formula is C18H18N2O2S. The van der Waals surface area contributed by atoms with Crippen molar-refractivity contribution in [3.8, 4) is 0 Å². The van der Waals surface area contributed by atoms with Gasteiger partial charge in [0, 0.05) is 16.1 Å². The fourth-order valence-corrected chi connectivity index (χ4v) is 3.30. The second-order valence-electron chi connectivity index (χ2n) is 5.71. The normalized spacial score (nSPS) is 16.5. The molecule has 1 heterocycles. The van der Waals surface area contributed by atoms with Crippen LogP contribution in [0, 0.1) is 13.8 Å². The molecule has 0 aliphatic carbocycles. The van der Waals surface area contributed by atoms with Gasteiger partial charge in [-0.2, -0.15) is 0 Å². The Morgan fingerprint density at radius 3 is 2.65 bits per heavy atom. The summed E-state index contributed by atoms with van der Waals surface area (Å²) < 4.78 is 0. The number of carbonyl (C=O) groups excluding carboxylic acids is 2. The van der Waals surface area contributed by atoms with Crippen molar-refractivity contribution in [2.24, 2.45) is 0 Å². The molecule has 1 aliphatic heterocycles. The van der Waals surface area contributed by atoms with Crippen LogP contribution in [0.1, 0.15) is 28.4 Å². The van der Waals surface area contributed by atoms with E-state index in [4.69, 9.17) is 0 Å². The first-order valence-corrected chi connectivity index (χ1v) is 8.32. The van der Waals surface area contributed by atoms with Gasteiger partial charge in [0.25, 0.3) is 5.91 Å². The van der Waals surface area contributed by atoms with E-state index in [1.807, 2.05) is 45.0 Å². The molecule has 4 nitrogen and oxygen atoms in total. The topological polar surface area (TPSA) is 58.2 Å². The maximum absolute atomic E-state index is 12.4. The molecule has 1 atom stereocenters. The Balaban J connectivity index is 1.81. The van der Waals surface area contributed by atoms with Crippen molar-refractivity contribution in [1.29, 1.82) is 0 Å². The Kier molecular flexibility index (Phi) is 4.13. The lowest BCUT2D eigenvalue weighted by Crippen LogP contribution is -2.26. The molecule has 5 heteroatoms. The van der Waals surface area contributed by atoms with Gasteiger partial charge in [0.1, 0.15) is 0 Å². The second kappa shape index (κ2) is 6.08. The Labute approximate surface area is 139 Å². The predicted octanol–water partition coefficient (Wildman–Crippen LogP) is 3.99. The molecule has 2 N–H and O–H groups in total. The van der Waals surface area contributed by atoms with E-state index < -0.39 is 0 Å². The zero-order valence-electron chi connectivity index (χ0n) is 13.3. The average Bonchev–Trinajstić information content (AvgIpc) is 2.51. The SMILES string of the molecule is Cc1ccc(NC(=O)c2ccc3c(c2)NC(=O)C(C)S3)cc1C. The third kappa shape index (κ3) is 3.24. The average molecular weight is 326 g/mol. The molecule has 2 aromatic carbocycles. The first kappa shape index (κ1) is 15.6. The van der Waals surface area contributed by atoms with Gasteiger partial charge in [-0.15, -0.1) is 11.8 Å². The highest BCUT2D eigenvalue weighted by atomic mass is 32.2. The van der Waals surface area contributed by atoms with Gasteiger partial charge in [0.05, 0.1) is 10.9 Å². The quantitative estimate of drug-likeness (QED) is 0.877. The zero-order valence-corrected chi connectivity index (χ0v) is 14.1. The molecule has 3 rings (SSSR count). The van der Waals surface area contributed by atoms with Gasteiger partial charge >= 0.3 is 0 Å². The van der Waals surface area contributed by atoms with Crippen LogP contribution in [0.2, 0.25) is 0 Å².